The average molecular weight is 268 g/mol. The zero-order valence-electron chi connectivity index (χ0n) is 10.2. The van der Waals surface area contributed by atoms with Crippen molar-refractivity contribution in [2.75, 3.05) is 12.5 Å². The summed E-state index contributed by atoms with van der Waals surface area (Å²) in [5.41, 5.74) is 1.10. The molecule has 0 spiro atoms. The van der Waals surface area contributed by atoms with Crippen LogP contribution >= 0.6 is 11.8 Å². The Morgan fingerprint density at radius 2 is 2.22 bits per heavy atom. The van der Waals surface area contributed by atoms with Crippen molar-refractivity contribution in [2.45, 2.75) is 25.0 Å². The minimum Gasteiger partial charge on any atom is -0.481 e. The molecule has 1 aromatic rings. The smallest absolute Gasteiger partial charge is 0.313 e. The third-order valence-corrected chi connectivity index (χ3v) is 4.05. The zero-order chi connectivity index (χ0) is 13.0. The van der Waals surface area contributed by atoms with E-state index < -0.39 is 5.97 Å². The quantitative estimate of drug-likeness (QED) is 0.859. The Hall–Kier alpha value is -1.36. The molecule has 5 heteroatoms. The second-order valence-corrected chi connectivity index (χ2v) is 5.29. The number of benzene rings is 1. The van der Waals surface area contributed by atoms with E-state index in [9.17, 15) is 4.79 Å². The molecule has 18 heavy (non-hydrogen) atoms. The van der Waals surface area contributed by atoms with Crippen LogP contribution in [-0.4, -0.2) is 23.6 Å². The summed E-state index contributed by atoms with van der Waals surface area (Å²) in [5.74, 6) is 0.864. The molecule has 0 aromatic heterocycles. The molecule has 0 amide bonds. The molecule has 1 aliphatic heterocycles. The molecule has 0 saturated heterocycles. The van der Waals surface area contributed by atoms with Gasteiger partial charge in [0.2, 0.25) is 6.79 Å². The van der Waals surface area contributed by atoms with E-state index in [0.717, 1.165) is 29.9 Å². The first-order valence-corrected chi connectivity index (χ1v) is 6.98. The van der Waals surface area contributed by atoms with Crippen molar-refractivity contribution in [1.29, 1.82) is 0 Å². The van der Waals surface area contributed by atoms with Crippen molar-refractivity contribution in [3.05, 3.63) is 23.8 Å². The number of thioether (sulfide) groups is 1. The van der Waals surface area contributed by atoms with Gasteiger partial charge in [0, 0.05) is 5.25 Å². The lowest BCUT2D eigenvalue weighted by Crippen LogP contribution is -2.02. The summed E-state index contributed by atoms with van der Waals surface area (Å²) in [4.78, 5) is 10.7. The van der Waals surface area contributed by atoms with Gasteiger partial charge in [-0.1, -0.05) is 19.4 Å². The van der Waals surface area contributed by atoms with Crippen LogP contribution in [0.25, 0.3) is 0 Å². The molecule has 1 aromatic carbocycles. The van der Waals surface area contributed by atoms with Gasteiger partial charge >= 0.3 is 5.97 Å². The molecule has 4 nitrogen and oxygen atoms in total. The molecule has 1 heterocycles. The summed E-state index contributed by atoms with van der Waals surface area (Å²) in [7, 11) is 0. The topological polar surface area (TPSA) is 55.8 Å². The maximum atomic E-state index is 10.7. The van der Waals surface area contributed by atoms with E-state index in [1.807, 2.05) is 18.2 Å². The normalized spacial score (nSPS) is 14.5. The van der Waals surface area contributed by atoms with Gasteiger partial charge in [-0.2, -0.15) is 0 Å². The molecule has 2 rings (SSSR count). The Balaban J connectivity index is 2.11. The van der Waals surface area contributed by atoms with Crippen molar-refractivity contribution in [1.82, 2.24) is 0 Å². The van der Waals surface area contributed by atoms with Crippen LogP contribution in [-0.2, 0) is 4.79 Å². The van der Waals surface area contributed by atoms with Crippen LogP contribution in [0.1, 0.15) is 30.6 Å². The molecular weight excluding hydrogens is 252 g/mol. The summed E-state index contributed by atoms with van der Waals surface area (Å²) >= 11 is 1.46. The first-order chi connectivity index (χ1) is 8.70. The van der Waals surface area contributed by atoms with Crippen molar-refractivity contribution in [3.8, 4) is 11.5 Å². The van der Waals surface area contributed by atoms with Crippen LogP contribution in [0.3, 0.4) is 0 Å². The van der Waals surface area contributed by atoms with Crippen LogP contribution in [0.15, 0.2) is 18.2 Å². The van der Waals surface area contributed by atoms with Gasteiger partial charge in [-0.25, -0.2) is 0 Å². The maximum absolute atomic E-state index is 10.7. The van der Waals surface area contributed by atoms with E-state index in [1.54, 1.807) is 0 Å². The van der Waals surface area contributed by atoms with Gasteiger partial charge < -0.3 is 14.6 Å². The summed E-state index contributed by atoms with van der Waals surface area (Å²) < 4.78 is 10.6. The van der Waals surface area contributed by atoms with Gasteiger partial charge in [0.25, 0.3) is 0 Å². The summed E-state index contributed by atoms with van der Waals surface area (Å²) in [6, 6.07) is 5.84. The Kier molecular flexibility index (Phi) is 4.36. The number of carboxylic acids is 1. The van der Waals surface area contributed by atoms with Gasteiger partial charge in [-0.05, 0) is 24.1 Å². The molecule has 0 radical (unpaired) electrons. The number of carboxylic acid groups (broad SMARTS) is 1. The van der Waals surface area contributed by atoms with E-state index in [2.05, 4.69) is 6.92 Å². The highest BCUT2D eigenvalue weighted by Gasteiger charge is 2.18. The SMILES string of the molecule is CCCC(SCC(=O)O)c1ccc2c(c1)OCO2. The Morgan fingerprint density at radius 3 is 2.94 bits per heavy atom. The largest absolute Gasteiger partial charge is 0.481 e. The predicted molar refractivity (Wildman–Crippen MR) is 70.3 cm³/mol. The maximum Gasteiger partial charge on any atom is 0.313 e. The van der Waals surface area contributed by atoms with Crippen molar-refractivity contribution in [3.63, 3.8) is 0 Å². The molecule has 0 fully saturated rings. The molecule has 1 N–H and O–H groups in total. The highest BCUT2D eigenvalue weighted by Crippen LogP contribution is 2.39. The second kappa shape index (κ2) is 6.00. The first-order valence-electron chi connectivity index (χ1n) is 5.93. The molecule has 98 valence electrons. The predicted octanol–water partition coefficient (Wildman–Crippen LogP) is 3.07. The highest BCUT2D eigenvalue weighted by molar-refractivity contribution is 8.00. The fourth-order valence-electron chi connectivity index (χ4n) is 1.89. The minimum absolute atomic E-state index is 0.124. The minimum atomic E-state index is -0.776. The zero-order valence-corrected chi connectivity index (χ0v) is 11.0. The first kappa shape index (κ1) is 13.1. The second-order valence-electron chi connectivity index (χ2n) is 4.09. The Labute approximate surface area is 110 Å². The van der Waals surface area contributed by atoms with E-state index in [-0.39, 0.29) is 17.8 Å². The monoisotopic (exact) mass is 268 g/mol. The summed E-state index contributed by atoms with van der Waals surface area (Å²) in [6.07, 6.45) is 1.98. The molecule has 0 saturated carbocycles. The lowest BCUT2D eigenvalue weighted by Gasteiger charge is -2.15. The van der Waals surface area contributed by atoms with Crippen molar-refractivity contribution < 1.29 is 19.4 Å². The van der Waals surface area contributed by atoms with Crippen LogP contribution < -0.4 is 9.47 Å². The van der Waals surface area contributed by atoms with E-state index in [4.69, 9.17) is 14.6 Å². The third kappa shape index (κ3) is 3.10. The van der Waals surface area contributed by atoms with Gasteiger partial charge in [0.15, 0.2) is 11.5 Å². The van der Waals surface area contributed by atoms with Gasteiger partial charge in [0.1, 0.15) is 0 Å². The number of hydrogen-bond donors (Lipinski definition) is 1. The van der Waals surface area contributed by atoms with Crippen molar-refractivity contribution in [2.24, 2.45) is 0 Å². The van der Waals surface area contributed by atoms with Gasteiger partial charge in [-0.15, -0.1) is 11.8 Å². The van der Waals surface area contributed by atoms with Gasteiger partial charge in [-0.3, -0.25) is 4.79 Å². The van der Waals surface area contributed by atoms with E-state index in [1.165, 1.54) is 11.8 Å². The highest BCUT2D eigenvalue weighted by atomic mass is 32.2. The van der Waals surface area contributed by atoms with Crippen LogP contribution in [0.4, 0.5) is 0 Å². The molecule has 1 aliphatic rings. The van der Waals surface area contributed by atoms with E-state index >= 15 is 0 Å². The summed E-state index contributed by atoms with van der Waals surface area (Å²) in [5, 5.41) is 8.96. The van der Waals surface area contributed by atoms with Crippen LogP contribution in [0.2, 0.25) is 0 Å². The fourth-order valence-corrected chi connectivity index (χ4v) is 2.98. The number of ether oxygens (including phenoxy) is 2. The number of rotatable bonds is 6. The molecular formula is C13H16O4S. The molecule has 1 unspecified atom stereocenters. The Morgan fingerprint density at radius 1 is 1.44 bits per heavy atom. The lowest BCUT2D eigenvalue weighted by molar-refractivity contribution is -0.133. The van der Waals surface area contributed by atoms with Crippen molar-refractivity contribution >= 4 is 17.7 Å². The number of carbonyl (C=O) groups is 1. The Bertz CT molecular complexity index is 433. The molecule has 0 bridgehead atoms. The standard InChI is InChI=1S/C13H16O4S/c1-2-3-12(18-7-13(14)15)9-4-5-10-11(6-9)17-8-16-10/h4-6,12H,2-3,7-8H2,1H3,(H,14,15). The fraction of sp³-hybridized carbons (Fsp3) is 0.462. The van der Waals surface area contributed by atoms with E-state index in [0.29, 0.717) is 0 Å². The van der Waals surface area contributed by atoms with Gasteiger partial charge in [0.05, 0.1) is 5.75 Å². The lowest BCUT2D eigenvalue weighted by atomic mass is 10.1. The van der Waals surface area contributed by atoms with Crippen LogP contribution in [0, 0.1) is 0 Å². The number of fused-ring (bicyclic) bond motifs is 1. The average Bonchev–Trinajstić information content (AvgIpc) is 2.81. The molecule has 0 aliphatic carbocycles. The third-order valence-electron chi connectivity index (χ3n) is 2.73. The molecule has 1 atom stereocenters. The number of aliphatic carboxylic acids is 1. The number of hydrogen-bond acceptors (Lipinski definition) is 4. The van der Waals surface area contributed by atoms with Crippen LogP contribution in [0.5, 0.6) is 11.5 Å². The summed E-state index contributed by atoms with van der Waals surface area (Å²) in [6.45, 7) is 2.36.